The summed E-state index contributed by atoms with van der Waals surface area (Å²) in [6, 6.07) is 21.2. The number of ether oxygens (including phenoxy) is 1. The maximum atomic E-state index is 13.1. The van der Waals surface area contributed by atoms with Crippen molar-refractivity contribution in [1.82, 2.24) is 5.32 Å². The third-order valence-corrected chi connectivity index (χ3v) is 7.67. The van der Waals surface area contributed by atoms with Gasteiger partial charge in [0.1, 0.15) is 5.75 Å². The van der Waals surface area contributed by atoms with Crippen molar-refractivity contribution in [3.05, 3.63) is 88.4 Å². The summed E-state index contributed by atoms with van der Waals surface area (Å²) in [5, 5.41) is 2.89. The molecular weight excluding hydrogens is 492 g/mol. The number of fused-ring (bicyclic) bond motifs is 1. The van der Waals surface area contributed by atoms with Gasteiger partial charge < -0.3 is 10.1 Å². The molecule has 0 fully saturated rings. The highest BCUT2D eigenvalue weighted by Crippen LogP contribution is 2.33. The summed E-state index contributed by atoms with van der Waals surface area (Å²) in [4.78, 5) is 12.4. The zero-order valence-electron chi connectivity index (χ0n) is 17.5. The van der Waals surface area contributed by atoms with Crippen LogP contribution < -0.4 is 14.4 Å². The fourth-order valence-corrected chi connectivity index (χ4v) is 5.60. The molecular formula is C24H23BrN2O4S. The molecule has 0 saturated carbocycles. The van der Waals surface area contributed by atoms with Gasteiger partial charge in [-0.25, -0.2) is 8.42 Å². The molecule has 3 aromatic carbocycles. The van der Waals surface area contributed by atoms with E-state index < -0.39 is 10.0 Å². The van der Waals surface area contributed by atoms with Crippen molar-refractivity contribution in [3.8, 4) is 5.75 Å². The summed E-state index contributed by atoms with van der Waals surface area (Å²) in [6.45, 7) is 2.16. The molecule has 4 rings (SSSR count). The van der Waals surface area contributed by atoms with Crippen LogP contribution in [0.3, 0.4) is 0 Å². The molecule has 6 nitrogen and oxygen atoms in total. The summed E-state index contributed by atoms with van der Waals surface area (Å²) in [7, 11) is -3.66. The van der Waals surface area contributed by atoms with E-state index in [1.807, 2.05) is 55.5 Å². The van der Waals surface area contributed by atoms with E-state index in [9.17, 15) is 13.2 Å². The molecule has 0 aliphatic carbocycles. The molecule has 32 heavy (non-hydrogen) atoms. The second-order valence-corrected chi connectivity index (χ2v) is 10.3. The van der Waals surface area contributed by atoms with Gasteiger partial charge in [0.05, 0.1) is 16.6 Å². The van der Waals surface area contributed by atoms with Gasteiger partial charge in [0.15, 0.2) is 6.61 Å². The molecule has 0 radical (unpaired) electrons. The van der Waals surface area contributed by atoms with Gasteiger partial charge in [-0.1, -0.05) is 46.3 Å². The van der Waals surface area contributed by atoms with E-state index in [0.717, 1.165) is 21.3 Å². The fourth-order valence-electron chi connectivity index (χ4n) is 3.68. The third kappa shape index (κ3) is 4.81. The number of amides is 1. The van der Waals surface area contributed by atoms with Crippen LogP contribution in [-0.4, -0.2) is 27.5 Å². The lowest BCUT2D eigenvalue weighted by molar-refractivity contribution is -0.123. The van der Waals surface area contributed by atoms with E-state index in [1.54, 1.807) is 12.1 Å². The molecule has 8 heteroatoms. The highest BCUT2D eigenvalue weighted by molar-refractivity contribution is 9.10. The number of carbonyl (C=O) groups excluding carboxylic acids is 1. The van der Waals surface area contributed by atoms with Crippen molar-refractivity contribution < 1.29 is 17.9 Å². The Morgan fingerprint density at radius 3 is 2.59 bits per heavy atom. The number of nitrogens with one attached hydrogen (secondary N) is 1. The van der Waals surface area contributed by atoms with Crippen LogP contribution in [0.15, 0.2) is 82.2 Å². The van der Waals surface area contributed by atoms with Gasteiger partial charge in [-0.05, 0) is 66.9 Å². The van der Waals surface area contributed by atoms with Crippen LogP contribution in [0.25, 0.3) is 0 Å². The molecule has 1 aliphatic rings. The molecule has 1 heterocycles. The Kier molecular flexibility index (Phi) is 6.53. The maximum Gasteiger partial charge on any atom is 0.264 e. The normalized spacial score (nSPS) is 14.0. The molecule has 166 valence electrons. The number of sulfonamides is 1. The van der Waals surface area contributed by atoms with Gasteiger partial charge in [-0.3, -0.25) is 9.10 Å². The van der Waals surface area contributed by atoms with Crippen molar-refractivity contribution in [2.45, 2.75) is 24.3 Å². The van der Waals surface area contributed by atoms with Gasteiger partial charge in [-0.2, -0.15) is 0 Å². The molecule has 3 aromatic rings. The molecule has 0 spiro atoms. The lowest BCUT2D eigenvalue weighted by Crippen LogP contribution is -2.31. The SMILES string of the molecule is CC(NC(=O)COc1ccc(S(=O)(=O)N2CCc3ccccc32)cc1)c1cccc(Br)c1. The highest BCUT2D eigenvalue weighted by atomic mass is 79.9. The largest absolute Gasteiger partial charge is 0.484 e. The van der Waals surface area contributed by atoms with Crippen LogP contribution in [-0.2, 0) is 21.2 Å². The Hall–Kier alpha value is -2.84. The minimum absolute atomic E-state index is 0.163. The highest BCUT2D eigenvalue weighted by Gasteiger charge is 2.30. The quantitative estimate of drug-likeness (QED) is 0.505. The average molecular weight is 515 g/mol. The van der Waals surface area contributed by atoms with Gasteiger partial charge >= 0.3 is 0 Å². The molecule has 1 amide bonds. The molecule has 1 aliphatic heterocycles. The smallest absolute Gasteiger partial charge is 0.264 e. The van der Waals surface area contributed by atoms with Crippen molar-refractivity contribution in [3.63, 3.8) is 0 Å². The predicted molar refractivity (Wildman–Crippen MR) is 127 cm³/mol. The van der Waals surface area contributed by atoms with Gasteiger partial charge in [0, 0.05) is 11.0 Å². The molecule has 1 unspecified atom stereocenters. The molecule has 0 saturated heterocycles. The number of carbonyl (C=O) groups is 1. The first-order valence-electron chi connectivity index (χ1n) is 10.2. The summed E-state index contributed by atoms with van der Waals surface area (Å²) in [5.41, 5.74) is 2.73. The van der Waals surface area contributed by atoms with Gasteiger partial charge in [-0.15, -0.1) is 0 Å². The van der Waals surface area contributed by atoms with E-state index in [-0.39, 0.29) is 23.5 Å². The lowest BCUT2D eigenvalue weighted by Gasteiger charge is -2.19. The minimum Gasteiger partial charge on any atom is -0.484 e. The first-order chi connectivity index (χ1) is 15.3. The van der Waals surface area contributed by atoms with Crippen LogP contribution in [0.5, 0.6) is 5.75 Å². The van der Waals surface area contributed by atoms with Crippen molar-refractivity contribution in [1.29, 1.82) is 0 Å². The fraction of sp³-hybridized carbons (Fsp3) is 0.208. The Labute approximate surface area is 196 Å². The Morgan fingerprint density at radius 2 is 1.84 bits per heavy atom. The van der Waals surface area contributed by atoms with E-state index in [0.29, 0.717) is 18.7 Å². The van der Waals surface area contributed by atoms with Gasteiger partial charge in [0.25, 0.3) is 15.9 Å². The van der Waals surface area contributed by atoms with Crippen molar-refractivity contribution in [2.75, 3.05) is 17.5 Å². The Morgan fingerprint density at radius 1 is 1.09 bits per heavy atom. The second kappa shape index (κ2) is 9.34. The van der Waals surface area contributed by atoms with Crippen LogP contribution >= 0.6 is 15.9 Å². The number of hydrogen-bond acceptors (Lipinski definition) is 4. The maximum absolute atomic E-state index is 13.1. The Bertz CT molecular complexity index is 1230. The number of halogens is 1. The number of benzene rings is 3. The number of nitrogens with zero attached hydrogens (tertiary/aromatic N) is 1. The second-order valence-electron chi connectivity index (χ2n) is 7.56. The van der Waals surface area contributed by atoms with E-state index in [1.165, 1.54) is 16.4 Å². The molecule has 1 atom stereocenters. The van der Waals surface area contributed by atoms with E-state index >= 15 is 0 Å². The first-order valence-corrected chi connectivity index (χ1v) is 12.5. The predicted octanol–water partition coefficient (Wildman–Crippen LogP) is 4.46. The number of rotatable bonds is 7. The van der Waals surface area contributed by atoms with Crippen LogP contribution in [0.2, 0.25) is 0 Å². The van der Waals surface area contributed by atoms with Crippen molar-refractivity contribution >= 4 is 37.5 Å². The third-order valence-electron chi connectivity index (χ3n) is 5.35. The lowest BCUT2D eigenvalue weighted by atomic mass is 10.1. The van der Waals surface area contributed by atoms with Crippen molar-refractivity contribution in [2.24, 2.45) is 0 Å². The van der Waals surface area contributed by atoms with E-state index in [2.05, 4.69) is 21.2 Å². The summed E-state index contributed by atoms with van der Waals surface area (Å²) >= 11 is 3.42. The topological polar surface area (TPSA) is 75.7 Å². The zero-order chi connectivity index (χ0) is 22.7. The van der Waals surface area contributed by atoms with Gasteiger partial charge in [0.2, 0.25) is 0 Å². The molecule has 0 aromatic heterocycles. The summed E-state index contributed by atoms with van der Waals surface area (Å²) in [5.74, 6) is 0.166. The van der Waals surface area contributed by atoms with E-state index in [4.69, 9.17) is 4.74 Å². The van der Waals surface area contributed by atoms with Crippen LogP contribution in [0.4, 0.5) is 5.69 Å². The van der Waals surface area contributed by atoms with Crippen LogP contribution in [0.1, 0.15) is 24.1 Å². The number of anilines is 1. The standard InChI is InChI=1S/C24H23BrN2O4S/c1-17(19-6-4-7-20(25)15-19)26-24(28)16-31-21-9-11-22(12-10-21)32(29,30)27-14-13-18-5-2-3-8-23(18)27/h2-12,15,17H,13-14,16H2,1H3,(H,26,28). The summed E-state index contributed by atoms with van der Waals surface area (Å²) in [6.07, 6.45) is 0.698. The molecule has 0 bridgehead atoms. The zero-order valence-corrected chi connectivity index (χ0v) is 19.9. The molecule has 1 N–H and O–H groups in total. The minimum atomic E-state index is -3.66. The monoisotopic (exact) mass is 514 g/mol. The first kappa shape index (κ1) is 22.4. The number of para-hydroxylation sites is 1. The average Bonchev–Trinajstić information content (AvgIpc) is 3.23. The summed E-state index contributed by atoms with van der Waals surface area (Å²) < 4.78 is 34.1. The number of hydrogen-bond donors (Lipinski definition) is 1. The van der Waals surface area contributed by atoms with Crippen LogP contribution in [0, 0.1) is 0 Å². The Balaban J connectivity index is 1.36.